The molecule has 0 saturated heterocycles. The lowest BCUT2D eigenvalue weighted by molar-refractivity contribution is -0.670. The van der Waals surface area contributed by atoms with E-state index in [1.54, 1.807) is 18.2 Å². The van der Waals surface area contributed by atoms with Gasteiger partial charge in [-0.3, -0.25) is 0 Å². The van der Waals surface area contributed by atoms with E-state index in [9.17, 15) is 9.90 Å². The molecule has 4 nitrogen and oxygen atoms in total. The van der Waals surface area contributed by atoms with Gasteiger partial charge in [0.2, 0.25) is 0 Å². The molecule has 0 amide bonds. The van der Waals surface area contributed by atoms with E-state index in [0.29, 0.717) is 23.1 Å². The van der Waals surface area contributed by atoms with Gasteiger partial charge in [0.05, 0.1) is 11.9 Å². The van der Waals surface area contributed by atoms with Crippen molar-refractivity contribution in [2.45, 2.75) is 13.0 Å². The molecule has 4 heteroatoms. The van der Waals surface area contributed by atoms with Crippen LogP contribution in [0.25, 0.3) is 11.0 Å². The van der Waals surface area contributed by atoms with E-state index in [4.69, 9.17) is 4.42 Å². The number of benzene rings is 2. The lowest BCUT2D eigenvalue weighted by Gasteiger charge is -2.06. The molecule has 112 valence electrons. The minimum atomic E-state index is -0.466. The zero-order chi connectivity index (χ0) is 15.4. The molecular formula is C18H18NO3+. The summed E-state index contributed by atoms with van der Waals surface area (Å²) in [5, 5.41) is 12.9. The molecule has 1 heterocycles. The molecule has 3 aromatic rings. The molecule has 2 aromatic carbocycles. The van der Waals surface area contributed by atoms with Crippen LogP contribution in [0.5, 0.6) is 5.75 Å². The van der Waals surface area contributed by atoms with Gasteiger partial charge in [-0.2, -0.15) is 0 Å². The van der Waals surface area contributed by atoms with Crippen molar-refractivity contribution >= 4 is 11.0 Å². The van der Waals surface area contributed by atoms with Crippen LogP contribution in [0.1, 0.15) is 11.1 Å². The van der Waals surface area contributed by atoms with Crippen LogP contribution in [0.15, 0.2) is 63.8 Å². The zero-order valence-corrected chi connectivity index (χ0v) is 12.2. The van der Waals surface area contributed by atoms with Crippen LogP contribution in [-0.4, -0.2) is 11.7 Å². The van der Waals surface area contributed by atoms with E-state index in [1.807, 2.05) is 29.6 Å². The fraction of sp³-hybridized carbons (Fsp3) is 0.167. The predicted molar refractivity (Wildman–Crippen MR) is 84.8 cm³/mol. The molecule has 0 aliphatic heterocycles. The zero-order valence-electron chi connectivity index (χ0n) is 12.2. The number of rotatable bonds is 5. The summed E-state index contributed by atoms with van der Waals surface area (Å²) in [6.07, 6.45) is 0.917. The van der Waals surface area contributed by atoms with Crippen LogP contribution in [0, 0.1) is 0 Å². The Morgan fingerprint density at radius 1 is 1.00 bits per heavy atom. The van der Waals surface area contributed by atoms with Crippen LogP contribution < -0.4 is 10.9 Å². The lowest BCUT2D eigenvalue weighted by Crippen LogP contribution is -2.83. The Labute approximate surface area is 128 Å². The van der Waals surface area contributed by atoms with Crippen molar-refractivity contribution in [2.75, 3.05) is 6.54 Å². The summed E-state index contributed by atoms with van der Waals surface area (Å²) >= 11 is 0. The highest BCUT2D eigenvalue weighted by Crippen LogP contribution is 2.25. The van der Waals surface area contributed by atoms with E-state index in [2.05, 4.69) is 12.1 Å². The monoisotopic (exact) mass is 296 g/mol. The third-order valence-electron chi connectivity index (χ3n) is 3.71. The average molecular weight is 296 g/mol. The fourth-order valence-corrected chi connectivity index (χ4v) is 2.51. The summed E-state index contributed by atoms with van der Waals surface area (Å²) in [4.78, 5) is 12.0. The second-order valence-corrected chi connectivity index (χ2v) is 5.23. The third kappa shape index (κ3) is 3.02. The first-order valence-electron chi connectivity index (χ1n) is 7.35. The Morgan fingerprint density at radius 3 is 2.55 bits per heavy atom. The molecule has 0 aliphatic carbocycles. The van der Waals surface area contributed by atoms with Gasteiger partial charge in [-0.05, 0) is 17.7 Å². The summed E-state index contributed by atoms with van der Waals surface area (Å²) in [6, 6.07) is 17.2. The highest BCUT2D eigenvalue weighted by atomic mass is 16.4. The molecule has 0 saturated carbocycles. The van der Waals surface area contributed by atoms with Gasteiger partial charge in [-0.1, -0.05) is 42.5 Å². The topological polar surface area (TPSA) is 67.0 Å². The second-order valence-electron chi connectivity index (χ2n) is 5.23. The predicted octanol–water partition coefficient (Wildman–Crippen LogP) is 1.80. The second kappa shape index (κ2) is 6.45. The first kappa shape index (κ1) is 14.4. The summed E-state index contributed by atoms with van der Waals surface area (Å²) in [6.45, 7) is 1.25. The van der Waals surface area contributed by atoms with Crippen LogP contribution in [0.4, 0.5) is 0 Å². The average Bonchev–Trinajstić information content (AvgIpc) is 2.55. The molecule has 0 unspecified atom stereocenters. The molecule has 3 N–H and O–H groups in total. The van der Waals surface area contributed by atoms with Crippen LogP contribution >= 0.6 is 0 Å². The number of quaternary nitrogens is 1. The number of nitrogens with two attached hydrogens (primary N) is 1. The van der Waals surface area contributed by atoms with Crippen molar-refractivity contribution in [2.24, 2.45) is 0 Å². The molecule has 1 aromatic heterocycles. The van der Waals surface area contributed by atoms with Crippen molar-refractivity contribution in [3.05, 3.63) is 76.1 Å². The van der Waals surface area contributed by atoms with Crippen molar-refractivity contribution < 1.29 is 14.8 Å². The van der Waals surface area contributed by atoms with E-state index < -0.39 is 5.63 Å². The van der Waals surface area contributed by atoms with Gasteiger partial charge in [0, 0.05) is 6.42 Å². The van der Waals surface area contributed by atoms with Gasteiger partial charge in [-0.15, -0.1) is 0 Å². The minimum Gasteiger partial charge on any atom is -0.506 e. The van der Waals surface area contributed by atoms with Crippen molar-refractivity contribution in [1.82, 2.24) is 0 Å². The summed E-state index contributed by atoms with van der Waals surface area (Å²) in [5.74, 6) is 0.0304. The van der Waals surface area contributed by atoms with Crippen LogP contribution in [0.3, 0.4) is 0 Å². The fourth-order valence-electron chi connectivity index (χ4n) is 2.51. The van der Waals surface area contributed by atoms with Gasteiger partial charge in [0.25, 0.3) is 0 Å². The first-order chi connectivity index (χ1) is 10.8. The largest absolute Gasteiger partial charge is 0.506 e. The van der Waals surface area contributed by atoms with Gasteiger partial charge in [-0.25, -0.2) is 4.79 Å². The summed E-state index contributed by atoms with van der Waals surface area (Å²) < 4.78 is 5.25. The number of fused-ring (bicyclic) bond motifs is 1. The first-order valence-corrected chi connectivity index (χ1v) is 7.35. The Morgan fingerprint density at radius 2 is 1.73 bits per heavy atom. The van der Waals surface area contributed by atoms with Crippen molar-refractivity contribution in [3.8, 4) is 5.75 Å². The van der Waals surface area contributed by atoms with Gasteiger partial charge >= 0.3 is 5.63 Å². The molecule has 0 fully saturated rings. The maximum atomic E-state index is 12.0. The molecular weight excluding hydrogens is 278 g/mol. The lowest BCUT2D eigenvalue weighted by atomic mass is 10.1. The standard InChI is InChI=1S/C18H17NO3/c20-17-14-8-4-5-9-16(14)22-18(21)15(17)12-19-11-10-13-6-2-1-3-7-13/h1-9,19-20H,10-12H2/p+1. The van der Waals surface area contributed by atoms with E-state index in [0.717, 1.165) is 13.0 Å². The number of hydrogen-bond acceptors (Lipinski definition) is 3. The van der Waals surface area contributed by atoms with Crippen molar-refractivity contribution in [1.29, 1.82) is 0 Å². The summed E-state index contributed by atoms with van der Waals surface area (Å²) in [5.41, 5.74) is 1.53. The highest BCUT2D eigenvalue weighted by Gasteiger charge is 2.14. The van der Waals surface area contributed by atoms with Crippen LogP contribution in [-0.2, 0) is 13.0 Å². The Bertz CT molecular complexity index is 825. The molecule has 0 bridgehead atoms. The molecule has 0 atom stereocenters. The Hall–Kier alpha value is -2.59. The molecule has 0 aliphatic rings. The Balaban J connectivity index is 1.70. The van der Waals surface area contributed by atoms with Gasteiger partial charge in [0.1, 0.15) is 23.4 Å². The molecule has 0 radical (unpaired) electrons. The summed E-state index contributed by atoms with van der Waals surface area (Å²) in [7, 11) is 0. The van der Waals surface area contributed by atoms with Crippen molar-refractivity contribution in [3.63, 3.8) is 0 Å². The molecule has 3 rings (SSSR count). The molecule has 22 heavy (non-hydrogen) atoms. The SMILES string of the molecule is O=c1oc2ccccc2c(O)c1C[NH2+]CCc1ccccc1. The quantitative estimate of drug-likeness (QED) is 0.557. The van der Waals surface area contributed by atoms with E-state index in [-0.39, 0.29) is 5.75 Å². The van der Waals surface area contributed by atoms with E-state index >= 15 is 0 Å². The van der Waals surface area contributed by atoms with Gasteiger partial charge < -0.3 is 14.8 Å². The van der Waals surface area contributed by atoms with E-state index in [1.165, 1.54) is 5.56 Å². The smallest absolute Gasteiger partial charge is 0.349 e. The minimum absolute atomic E-state index is 0.0304. The van der Waals surface area contributed by atoms with Crippen LogP contribution in [0.2, 0.25) is 0 Å². The maximum absolute atomic E-state index is 12.0. The number of aromatic hydroxyl groups is 1. The van der Waals surface area contributed by atoms with Gasteiger partial charge in [0.15, 0.2) is 0 Å². The number of hydrogen-bond donors (Lipinski definition) is 2. The normalized spacial score (nSPS) is 10.9. The molecule has 0 spiro atoms. The third-order valence-corrected chi connectivity index (χ3v) is 3.71. The number of para-hydroxylation sites is 1. The highest BCUT2D eigenvalue weighted by molar-refractivity contribution is 5.83. The maximum Gasteiger partial charge on any atom is 0.349 e. The Kier molecular flexibility index (Phi) is 4.21.